The maximum atomic E-state index is 13.0. The molecular weight excluding hydrogens is 377 g/mol. The highest BCUT2D eigenvalue weighted by atomic mass is 32.1. The second-order valence-electron chi connectivity index (χ2n) is 6.07. The minimum absolute atomic E-state index is 0.144. The van der Waals surface area contributed by atoms with Gasteiger partial charge in [0.2, 0.25) is 4.96 Å². The summed E-state index contributed by atoms with van der Waals surface area (Å²) in [4.78, 5) is 29.1. The number of thiazole rings is 1. The average molecular weight is 391 g/mol. The third-order valence-corrected chi connectivity index (χ3v) is 5.05. The lowest BCUT2D eigenvalue weighted by atomic mass is 10.1. The van der Waals surface area contributed by atoms with Crippen LogP contribution in [-0.4, -0.2) is 14.6 Å². The molecule has 0 N–H and O–H groups in total. The van der Waals surface area contributed by atoms with E-state index in [-0.39, 0.29) is 28.5 Å². The molecule has 0 amide bonds. The number of hydrogen-bond donors (Lipinski definition) is 0. The first-order valence-corrected chi connectivity index (χ1v) is 9.32. The Morgan fingerprint density at radius 2 is 1.79 bits per heavy atom. The summed E-state index contributed by atoms with van der Waals surface area (Å²) >= 11 is 1.11. The fraction of sp³-hybridized carbons (Fsp3) is 0.0476. The molecule has 4 aromatic rings. The average Bonchev–Trinajstić information content (AvgIpc) is 3.00. The van der Waals surface area contributed by atoms with Gasteiger partial charge in [-0.2, -0.15) is 14.6 Å². The van der Waals surface area contributed by atoms with Crippen LogP contribution in [0, 0.1) is 5.82 Å². The zero-order valence-corrected chi connectivity index (χ0v) is 15.4. The molecule has 0 fully saturated rings. The number of halogens is 1. The van der Waals surface area contributed by atoms with E-state index in [1.807, 2.05) is 36.4 Å². The third kappa shape index (κ3) is 3.79. The van der Waals surface area contributed by atoms with Crippen LogP contribution in [0.1, 0.15) is 16.8 Å². The molecule has 2 heterocycles. The first kappa shape index (κ1) is 17.9. The maximum absolute atomic E-state index is 13.0. The molecular formula is C21H14FN3O2S. The van der Waals surface area contributed by atoms with Crippen molar-refractivity contribution < 1.29 is 4.39 Å². The van der Waals surface area contributed by atoms with Crippen LogP contribution >= 0.6 is 11.3 Å². The van der Waals surface area contributed by atoms with Gasteiger partial charge in [0.05, 0.1) is 4.53 Å². The minimum Gasteiger partial charge on any atom is -0.266 e. The number of aromatic nitrogens is 3. The van der Waals surface area contributed by atoms with E-state index in [9.17, 15) is 14.0 Å². The van der Waals surface area contributed by atoms with Crippen LogP contribution in [0.5, 0.6) is 0 Å². The Bertz CT molecular complexity index is 1330. The topological polar surface area (TPSA) is 64.3 Å². The van der Waals surface area contributed by atoms with E-state index in [1.165, 1.54) is 12.1 Å². The lowest BCUT2D eigenvalue weighted by molar-refractivity contribution is 0.627. The van der Waals surface area contributed by atoms with Gasteiger partial charge in [0, 0.05) is 6.42 Å². The molecule has 2 aromatic heterocycles. The van der Waals surface area contributed by atoms with Crippen molar-refractivity contribution in [3.8, 4) is 0 Å². The maximum Gasteiger partial charge on any atom is 0.296 e. The monoisotopic (exact) mass is 391 g/mol. The van der Waals surface area contributed by atoms with Crippen LogP contribution in [0.3, 0.4) is 0 Å². The van der Waals surface area contributed by atoms with Gasteiger partial charge in [0.1, 0.15) is 11.5 Å². The van der Waals surface area contributed by atoms with Crippen molar-refractivity contribution in [1.29, 1.82) is 0 Å². The summed E-state index contributed by atoms with van der Waals surface area (Å²) in [6, 6.07) is 15.5. The van der Waals surface area contributed by atoms with Crippen molar-refractivity contribution in [2.75, 3.05) is 0 Å². The highest BCUT2D eigenvalue weighted by molar-refractivity contribution is 7.15. The standard InChI is InChI=1S/C21H14FN3O2S/c22-16-11-9-15(10-12-16)13-17-19(26)23-21-25(24-17)20(27)18(28-21)8-4-7-14-5-2-1-3-6-14/h1-12H,13H2/b7-4+,18-8-. The number of benzene rings is 2. The lowest BCUT2D eigenvalue weighted by Crippen LogP contribution is -2.27. The Labute approximate surface area is 162 Å². The van der Waals surface area contributed by atoms with E-state index in [0.29, 0.717) is 10.1 Å². The second kappa shape index (κ2) is 7.66. The van der Waals surface area contributed by atoms with Crippen LogP contribution in [0.2, 0.25) is 0 Å². The third-order valence-electron chi connectivity index (χ3n) is 4.07. The smallest absolute Gasteiger partial charge is 0.266 e. The van der Waals surface area contributed by atoms with Gasteiger partial charge in [-0.15, -0.1) is 0 Å². The molecule has 0 saturated carbocycles. The molecule has 0 spiro atoms. The summed E-state index contributed by atoms with van der Waals surface area (Å²) in [5.41, 5.74) is 1.06. The van der Waals surface area contributed by atoms with Gasteiger partial charge in [-0.05, 0) is 29.3 Å². The molecule has 0 atom stereocenters. The van der Waals surface area contributed by atoms with Crippen molar-refractivity contribution in [2.24, 2.45) is 0 Å². The van der Waals surface area contributed by atoms with Crippen molar-refractivity contribution >= 4 is 28.4 Å². The number of hydrogen-bond acceptors (Lipinski definition) is 5. The largest absolute Gasteiger partial charge is 0.296 e. The normalized spacial score (nSPS) is 12.2. The Kier molecular flexibility index (Phi) is 4.90. The van der Waals surface area contributed by atoms with Crippen molar-refractivity contribution in [1.82, 2.24) is 14.6 Å². The van der Waals surface area contributed by atoms with Crippen LogP contribution in [-0.2, 0) is 6.42 Å². The zero-order chi connectivity index (χ0) is 19.5. The van der Waals surface area contributed by atoms with Gasteiger partial charge in [0.15, 0.2) is 0 Å². The molecule has 2 aromatic carbocycles. The molecule has 0 aliphatic rings. The van der Waals surface area contributed by atoms with Gasteiger partial charge >= 0.3 is 0 Å². The van der Waals surface area contributed by atoms with E-state index in [0.717, 1.165) is 21.4 Å². The molecule has 5 nitrogen and oxygen atoms in total. The summed E-state index contributed by atoms with van der Waals surface area (Å²) in [5.74, 6) is -0.356. The summed E-state index contributed by atoms with van der Waals surface area (Å²) in [6.45, 7) is 0. The predicted octanol–water partition coefficient (Wildman–Crippen LogP) is 2.45. The predicted molar refractivity (Wildman–Crippen MR) is 108 cm³/mol. The Hall–Kier alpha value is -3.45. The van der Waals surface area contributed by atoms with Crippen LogP contribution in [0.4, 0.5) is 4.39 Å². The lowest BCUT2D eigenvalue weighted by Gasteiger charge is -2.00. The number of rotatable bonds is 4. The summed E-state index contributed by atoms with van der Waals surface area (Å²) in [7, 11) is 0. The Morgan fingerprint density at radius 1 is 1.04 bits per heavy atom. The van der Waals surface area contributed by atoms with E-state index >= 15 is 0 Å². The molecule has 0 bridgehead atoms. The van der Waals surface area contributed by atoms with E-state index in [4.69, 9.17) is 0 Å². The minimum atomic E-state index is -0.489. The Balaban J connectivity index is 1.70. The van der Waals surface area contributed by atoms with Crippen LogP contribution in [0.25, 0.3) is 17.1 Å². The first-order valence-electron chi connectivity index (χ1n) is 8.51. The van der Waals surface area contributed by atoms with E-state index in [2.05, 4.69) is 10.1 Å². The SMILES string of the molecule is O=c1nc2s/c(=C\C=C\c3ccccc3)c(=O)n2nc1Cc1ccc(F)cc1. The van der Waals surface area contributed by atoms with Gasteiger partial charge in [0.25, 0.3) is 11.1 Å². The molecule has 0 unspecified atom stereocenters. The van der Waals surface area contributed by atoms with Crippen molar-refractivity contribution in [2.45, 2.75) is 6.42 Å². The summed E-state index contributed by atoms with van der Waals surface area (Å²) < 4.78 is 14.6. The molecule has 4 rings (SSSR count). The molecule has 0 aliphatic carbocycles. The van der Waals surface area contributed by atoms with Crippen molar-refractivity contribution in [3.63, 3.8) is 0 Å². The molecule has 0 aliphatic heterocycles. The first-order chi connectivity index (χ1) is 13.6. The Morgan fingerprint density at radius 3 is 2.54 bits per heavy atom. The number of nitrogens with zero attached hydrogens (tertiary/aromatic N) is 3. The molecule has 28 heavy (non-hydrogen) atoms. The quantitative estimate of drug-likeness (QED) is 0.536. The molecule has 0 saturated heterocycles. The van der Waals surface area contributed by atoms with Crippen LogP contribution in [0.15, 0.2) is 70.3 Å². The van der Waals surface area contributed by atoms with Gasteiger partial charge in [-0.25, -0.2) is 4.39 Å². The molecule has 7 heteroatoms. The van der Waals surface area contributed by atoms with Crippen molar-refractivity contribution in [3.05, 3.63) is 109 Å². The fourth-order valence-corrected chi connectivity index (χ4v) is 3.53. The summed E-state index contributed by atoms with van der Waals surface area (Å²) in [5, 5.41) is 4.18. The van der Waals surface area contributed by atoms with Gasteiger partial charge in [-0.1, -0.05) is 66.0 Å². The fourth-order valence-electron chi connectivity index (χ4n) is 2.67. The van der Waals surface area contributed by atoms with Crippen LogP contribution < -0.4 is 15.7 Å². The zero-order valence-electron chi connectivity index (χ0n) is 14.6. The highest BCUT2D eigenvalue weighted by Gasteiger charge is 2.11. The van der Waals surface area contributed by atoms with E-state index in [1.54, 1.807) is 24.3 Å². The number of fused-ring (bicyclic) bond motifs is 1. The van der Waals surface area contributed by atoms with Gasteiger partial charge < -0.3 is 0 Å². The summed E-state index contributed by atoms with van der Waals surface area (Å²) in [6.07, 6.45) is 5.52. The second-order valence-corrected chi connectivity index (χ2v) is 7.08. The highest BCUT2D eigenvalue weighted by Crippen LogP contribution is 2.07. The molecule has 0 radical (unpaired) electrons. The van der Waals surface area contributed by atoms with Gasteiger partial charge in [-0.3, -0.25) is 9.59 Å². The number of allylic oxidation sites excluding steroid dienone is 1. The van der Waals surface area contributed by atoms with E-state index < -0.39 is 5.56 Å². The molecule has 138 valence electrons.